The SMILES string of the molecule is C=CCc1cc(NC(=O)c2ccc(C34CC5CC(CC(C5)C3)C4)c(SOCOC(C)OC)c2)ccc1C(=O)O. The summed E-state index contributed by atoms with van der Waals surface area (Å²) in [5.41, 5.74) is 3.29. The first-order chi connectivity index (χ1) is 18.8. The zero-order valence-corrected chi connectivity index (χ0v) is 23.4. The number of aromatic carboxylic acids is 1. The Kier molecular flexibility index (Phi) is 8.47. The molecule has 208 valence electrons. The van der Waals surface area contributed by atoms with Gasteiger partial charge in [0, 0.05) is 35.3 Å². The molecule has 39 heavy (non-hydrogen) atoms. The van der Waals surface area contributed by atoms with E-state index in [1.54, 1.807) is 25.3 Å². The van der Waals surface area contributed by atoms with E-state index in [1.807, 2.05) is 19.1 Å². The molecule has 4 aliphatic rings. The number of carbonyl (C=O) groups excluding carboxylic acids is 1. The fraction of sp³-hybridized carbons (Fsp3) is 0.484. The Morgan fingerprint density at radius 2 is 1.82 bits per heavy atom. The van der Waals surface area contributed by atoms with Crippen molar-refractivity contribution in [3.63, 3.8) is 0 Å². The van der Waals surface area contributed by atoms with Crippen molar-refractivity contribution in [1.29, 1.82) is 0 Å². The molecule has 0 saturated heterocycles. The van der Waals surface area contributed by atoms with E-state index < -0.39 is 5.97 Å². The highest BCUT2D eigenvalue weighted by molar-refractivity contribution is 7.94. The summed E-state index contributed by atoms with van der Waals surface area (Å²) >= 11 is 1.26. The molecule has 4 saturated carbocycles. The van der Waals surface area contributed by atoms with E-state index in [0.717, 1.165) is 22.6 Å². The van der Waals surface area contributed by atoms with Gasteiger partial charge in [-0.2, -0.15) is 0 Å². The number of hydrogen-bond donors (Lipinski definition) is 2. The van der Waals surface area contributed by atoms with Crippen LogP contribution in [0, 0.1) is 17.8 Å². The van der Waals surface area contributed by atoms with Gasteiger partial charge < -0.3 is 19.9 Å². The summed E-state index contributed by atoms with van der Waals surface area (Å²) in [6, 6.07) is 10.8. The van der Waals surface area contributed by atoms with E-state index in [-0.39, 0.29) is 30.0 Å². The molecule has 1 amide bonds. The molecule has 2 N–H and O–H groups in total. The number of allylic oxidation sites excluding steroid dienone is 1. The summed E-state index contributed by atoms with van der Waals surface area (Å²) < 4.78 is 16.5. The smallest absolute Gasteiger partial charge is 0.335 e. The lowest BCUT2D eigenvalue weighted by atomic mass is 9.48. The van der Waals surface area contributed by atoms with Crippen LogP contribution in [0.4, 0.5) is 5.69 Å². The lowest BCUT2D eigenvalue weighted by Crippen LogP contribution is -2.48. The van der Waals surface area contributed by atoms with Gasteiger partial charge in [0.05, 0.1) is 5.56 Å². The summed E-state index contributed by atoms with van der Waals surface area (Å²) in [5, 5.41) is 12.4. The summed E-state index contributed by atoms with van der Waals surface area (Å²) in [4.78, 5) is 25.8. The zero-order valence-electron chi connectivity index (χ0n) is 22.6. The lowest BCUT2D eigenvalue weighted by Gasteiger charge is -2.57. The molecule has 6 rings (SSSR count). The lowest BCUT2D eigenvalue weighted by molar-refractivity contribution is -0.146. The second kappa shape index (κ2) is 11.8. The standard InChI is InChI=1S/C31H37NO6S/c1-4-5-23-13-25(7-8-26(23)30(34)35)32-29(33)24-6-9-27(28(14-24)39-38-18-37-19(2)36-3)31-15-20-10-21(16-31)12-22(11-20)17-31/h4,6-9,13-14,19-22H,1,5,10-12,15-18H2,2-3H3,(H,32,33)(H,34,35). The predicted molar refractivity (Wildman–Crippen MR) is 151 cm³/mol. The Labute approximate surface area is 234 Å². The Bertz CT molecular complexity index is 1210. The summed E-state index contributed by atoms with van der Waals surface area (Å²) in [6.45, 7) is 5.59. The number of carboxylic acids is 1. The van der Waals surface area contributed by atoms with Gasteiger partial charge in [-0.15, -0.1) is 6.58 Å². The number of anilines is 1. The summed E-state index contributed by atoms with van der Waals surface area (Å²) in [5.74, 6) is 1.12. The van der Waals surface area contributed by atoms with Crippen molar-refractivity contribution >= 4 is 29.6 Å². The Morgan fingerprint density at radius 1 is 1.13 bits per heavy atom. The number of carboxylic acid groups (broad SMARTS) is 1. The largest absolute Gasteiger partial charge is 0.478 e. The number of benzene rings is 2. The molecule has 0 radical (unpaired) electrons. The summed E-state index contributed by atoms with van der Waals surface area (Å²) in [7, 11) is 1.58. The number of ether oxygens (including phenoxy) is 2. The topological polar surface area (TPSA) is 94.1 Å². The van der Waals surface area contributed by atoms with Crippen molar-refractivity contribution in [2.75, 3.05) is 19.2 Å². The van der Waals surface area contributed by atoms with E-state index in [4.69, 9.17) is 13.7 Å². The van der Waals surface area contributed by atoms with Crippen molar-refractivity contribution in [2.24, 2.45) is 17.8 Å². The Morgan fingerprint density at radius 3 is 2.44 bits per heavy atom. The van der Waals surface area contributed by atoms with Gasteiger partial charge in [-0.3, -0.25) is 8.98 Å². The maximum atomic E-state index is 13.3. The van der Waals surface area contributed by atoms with Gasteiger partial charge in [-0.1, -0.05) is 12.1 Å². The van der Waals surface area contributed by atoms with Gasteiger partial charge in [0.1, 0.15) is 0 Å². The van der Waals surface area contributed by atoms with Crippen LogP contribution in [0.25, 0.3) is 0 Å². The van der Waals surface area contributed by atoms with Gasteiger partial charge in [0.25, 0.3) is 5.91 Å². The Hall–Kier alpha value is -2.65. The average Bonchev–Trinajstić information content (AvgIpc) is 2.90. The van der Waals surface area contributed by atoms with Crippen molar-refractivity contribution in [3.8, 4) is 0 Å². The zero-order chi connectivity index (χ0) is 27.6. The molecule has 1 unspecified atom stereocenters. The van der Waals surface area contributed by atoms with Crippen LogP contribution in [0.5, 0.6) is 0 Å². The van der Waals surface area contributed by atoms with Crippen LogP contribution in [0.3, 0.4) is 0 Å². The summed E-state index contributed by atoms with van der Waals surface area (Å²) in [6.07, 6.45) is 9.36. The molecule has 0 aromatic heterocycles. The maximum absolute atomic E-state index is 13.3. The molecule has 4 aliphatic carbocycles. The number of nitrogens with one attached hydrogen (secondary N) is 1. The van der Waals surface area contributed by atoms with Crippen LogP contribution in [-0.4, -0.2) is 37.2 Å². The van der Waals surface area contributed by atoms with Crippen LogP contribution in [0.15, 0.2) is 53.9 Å². The molecular formula is C31H37NO6S. The minimum absolute atomic E-state index is 0.0679. The highest BCUT2D eigenvalue weighted by Gasteiger charge is 2.52. The molecular weight excluding hydrogens is 514 g/mol. The average molecular weight is 552 g/mol. The van der Waals surface area contributed by atoms with Crippen LogP contribution in [-0.2, 0) is 25.5 Å². The third-order valence-electron chi connectivity index (χ3n) is 8.64. The van der Waals surface area contributed by atoms with E-state index in [2.05, 4.69) is 18.0 Å². The molecule has 2 aromatic rings. The van der Waals surface area contributed by atoms with Gasteiger partial charge in [0.15, 0.2) is 13.1 Å². The fourth-order valence-corrected chi connectivity index (χ4v) is 8.08. The predicted octanol–water partition coefficient (Wildman–Crippen LogP) is 6.82. The normalized spacial score (nSPS) is 25.8. The van der Waals surface area contributed by atoms with Crippen molar-refractivity contribution in [3.05, 3.63) is 71.3 Å². The first-order valence-corrected chi connectivity index (χ1v) is 14.4. The molecule has 4 bridgehead atoms. The molecule has 7 nitrogen and oxygen atoms in total. The van der Waals surface area contributed by atoms with E-state index in [1.165, 1.54) is 62.2 Å². The van der Waals surface area contributed by atoms with Crippen LogP contribution in [0.2, 0.25) is 0 Å². The van der Waals surface area contributed by atoms with Gasteiger partial charge in [-0.25, -0.2) is 4.79 Å². The first kappa shape index (κ1) is 27.9. The second-order valence-corrected chi connectivity index (χ2v) is 12.2. The number of hydrogen-bond acceptors (Lipinski definition) is 6. The van der Waals surface area contributed by atoms with Crippen LogP contribution in [0.1, 0.15) is 77.3 Å². The minimum Gasteiger partial charge on any atom is -0.478 e. The molecule has 4 fully saturated rings. The van der Waals surface area contributed by atoms with E-state index in [9.17, 15) is 14.7 Å². The monoisotopic (exact) mass is 551 g/mol. The quantitative estimate of drug-likeness (QED) is 0.129. The third-order valence-corrected chi connectivity index (χ3v) is 9.37. The highest BCUT2D eigenvalue weighted by atomic mass is 32.2. The van der Waals surface area contributed by atoms with Crippen molar-refractivity contribution in [1.82, 2.24) is 0 Å². The molecule has 2 aromatic carbocycles. The Balaban J connectivity index is 1.39. The molecule has 1 atom stereocenters. The highest BCUT2D eigenvalue weighted by Crippen LogP contribution is 2.61. The number of carbonyl (C=O) groups is 2. The van der Waals surface area contributed by atoms with Crippen LogP contribution >= 0.6 is 12.0 Å². The first-order valence-electron chi connectivity index (χ1n) is 13.7. The maximum Gasteiger partial charge on any atom is 0.335 e. The third kappa shape index (κ3) is 6.09. The van der Waals surface area contributed by atoms with Crippen molar-refractivity contribution in [2.45, 2.75) is 68.5 Å². The number of rotatable bonds is 12. The molecule has 8 heteroatoms. The van der Waals surface area contributed by atoms with E-state index in [0.29, 0.717) is 23.2 Å². The molecule has 0 heterocycles. The van der Waals surface area contributed by atoms with Gasteiger partial charge >= 0.3 is 5.97 Å². The molecule has 0 spiro atoms. The second-order valence-electron chi connectivity index (χ2n) is 11.3. The fourth-order valence-electron chi connectivity index (χ4n) is 7.30. The number of methoxy groups -OCH3 is 1. The van der Waals surface area contributed by atoms with Gasteiger partial charge in [-0.05, 0) is 116 Å². The minimum atomic E-state index is -1.00. The van der Waals surface area contributed by atoms with E-state index >= 15 is 0 Å². The molecule has 0 aliphatic heterocycles. The van der Waals surface area contributed by atoms with Gasteiger partial charge in [0.2, 0.25) is 0 Å². The van der Waals surface area contributed by atoms with Crippen LogP contribution < -0.4 is 5.32 Å². The van der Waals surface area contributed by atoms with Crippen molar-refractivity contribution < 1.29 is 28.4 Å². The number of amides is 1.